The zero-order chi connectivity index (χ0) is 14.0. The predicted octanol–water partition coefficient (Wildman–Crippen LogP) is 3.51. The summed E-state index contributed by atoms with van der Waals surface area (Å²) in [6, 6.07) is 4.19. The Hall–Kier alpha value is 0.290. The normalized spacial score (nSPS) is 12.7. The van der Waals surface area contributed by atoms with Gasteiger partial charge in [-0.3, -0.25) is 0 Å². The molecule has 0 aliphatic rings. The molecule has 8 heteroatoms. The van der Waals surface area contributed by atoms with Gasteiger partial charge in [-0.05, 0) is 25.1 Å². The van der Waals surface area contributed by atoms with E-state index in [2.05, 4.69) is 4.72 Å². The monoisotopic (exact) mass is 349 g/mol. The molecule has 0 saturated heterocycles. The van der Waals surface area contributed by atoms with Crippen LogP contribution in [0.4, 0.5) is 0 Å². The van der Waals surface area contributed by atoms with E-state index in [9.17, 15) is 8.42 Å². The first-order valence-corrected chi connectivity index (χ1v) is 8.16. The molecule has 0 saturated carbocycles. The molecule has 0 fully saturated rings. The van der Waals surface area contributed by atoms with Crippen LogP contribution in [-0.2, 0) is 10.0 Å². The fourth-order valence-corrected chi connectivity index (χ4v) is 3.90. The van der Waals surface area contributed by atoms with Crippen molar-refractivity contribution in [3.63, 3.8) is 0 Å². The van der Waals surface area contributed by atoms with Crippen LogP contribution in [0.3, 0.4) is 0 Å². The number of benzene rings is 1. The lowest BCUT2D eigenvalue weighted by Gasteiger charge is -2.25. The Morgan fingerprint density at radius 2 is 1.78 bits per heavy atom. The van der Waals surface area contributed by atoms with Crippen molar-refractivity contribution in [2.24, 2.45) is 0 Å². The zero-order valence-electron chi connectivity index (χ0n) is 9.38. The van der Waals surface area contributed by atoms with E-state index in [0.29, 0.717) is 0 Å². The van der Waals surface area contributed by atoms with Gasteiger partial charge in [0.2, 0.25) is 10.0 Å². The van der Waals surface area contributed by atoms with E-state index in [1.54, 1.807) is 6.92 Å². The van der Waals surface area contributed by atoms with E-state index in [1.165, 1.54) is 18.2 Å². The lowest BCUT2D eigenvalue weighted by atomic mass is 10.1. The van der Waals surface area contributed by atoms with Gasteiger partial charge in [0.1, 0.15) is 4.90 Å². The Morgan fingerprint density at radius 3 is 2.28 bits per heavy atom. The molecule has 1 N–H and O–H groups in total. The molecule has 0 bridgehead atoms. The molecule has 1 rings (SSSR count). The molecule has 102 valence electrons. The van der Waals surface area contributed by atoms with Gasteiger partial charge in [-0.2, -0.15) is 0 Å². The van der Waals surface area contributed by atoms with Crippen LogP contribution < -0.4 is 4.72 Å². The van der Waals surface area contributed by atoms with E-state index < -0.39 is 15.6 Å². The molecule has 0 amide bonds. The third-order valence-electron chi connectivity index (χ3n) is 2.15. The molecule has 1 aromatic rings. The molecular formula is C10H11Cl4NO2S. The third-order valence-corrected chi connectivity index (χ3v) is 5.69. The Kier molecular flexibility index (Phi) is 5.59. The predicted molar refractivity (Wildman–Crippen MR) is 76.6 cm³/mol. The number of sulfonamides is 1. The SMILES string of the molecule is CC(CCl)(CCl)NS(=O)(=O)c1cc(Cl)ccc1Cl. The fraction of sp³-hybridized carbons (Fsp3) is 0.400. The van der Waals surface area contributed by atoms with Gasteiger partial charge in [0.15, 0.2) is 0 Å². The maximum absolute atomic E-state index is 12.2. The highest BCUT2D eigenvalue weighted by Gasteiger charge is 2.30. The number of halogens is 4. The van der Waals surface area contributed by atoms with E-state index in [4.69, 9.17) is 46.4 Å². The summed E-state index contributed by atoms with van der Waals surface area (Å²) in [6.07, 6.45) is 0. The summed E-state index contributed by atoms with van der Waals surface area (Å²) in [5, 5.41) is 0.358. The van der Waals surface area contributed by atoms with E-state index in [0.717, 1.165) is 0 Å². The van der Waals surface area contributed by atoms with Crippen molar-refractivity contribution in [1.29, 1.82) is 0 Å². The van der Waals surface area contributed by atoms with Crippen molar-refractivity contribution in [3.8, 4) is 0 Å². The first-order chi connectivity index (χ1) is 8.24. The van der Waals surface area contributed by atoms with Gasteiger partial charge in [-0.25, -0.2) is 13.1 Å². The van der Waals surface area contributed by atoms with Gasteiger partial charge >= 0.3 is 0 Å². The number of hydrogen-bond acceptors (Lipinski definition) is 2. The maximum atomic E-state index is 12.2. The average Bonchev–Trinajstić information content (AvgIpc) is 2.31. The van der Waals surface area contributed by atoms with Gasteiger partial charge in [-0.15, -0.1) is 23.2 Å². The van der Waals surface area contributed by atoms with Crippen LogP contribution in [0, 0.1) is 0 Å². The van der Waals surface area contributed by atoms with Crippen molar-refractivity contribution in [1.82, 2.24) is 4.72 Å². The minimum Gasteiger partial charge on any atom is -0.207 e. The Labute approximate surface area is 126 Å². The number of nitrogens with one attached hydrogen (secondary N) is 1. The number of hydrogen-bond donors (Lipinski definition) is 1. The molecule has 0 atom stereocenters. The lowest BCUT2D eigenvalue weighted by molar-refractivity contribution is 0.500. The summed E-state index contributed by atoms with van der Waals surface area (Å²) in [5.74, 6) is 0.0713. The second kappa shape index (κ2) is 6.16. The first kappa shape index (κ1) is 16.3. The molecule has 0 radical (unpaired) electrons. The van der Waals surface area contributed by atoms with Gasteiger partial charge in [0.05, 0.1) is 10.6 Å². The van der Waals surface area contributed by atoms with Gasteiger partial charge in [0, 0.05) is 16.8 Å². The zero-order valence-corrected chi connectivity index (χ0v) is 13.2. The summed E-state index contributed by atoms with van der Waals surface area (Å²) in [6.45, 7) is 1.60. The summed E-state index contributed by atoms with van der Waals surface area (Å²) < 4.78 is 26.8. The Balaban J connectivity index is 3.18. The second-order valence-electron chi connectivity index (χ2n) is 4.01. The fourth-order valence-electron chi connectivity index (χ4n) is 1.15. The summed E-state index contributed by atoms with van der Waals surface area (Å²) in [5.41, 5.74) is -0.951. The molecule has 1 aromatic carbocycles. The van der Waals surface area contributed by atoms with Crippen LogP contribution >= 0.6 is 46.4 Å². The lowest BCUT2D eigenvalue weighted by Crippen LogP contribution is -2.49. The largest absolute Gasteiger partial charge is 0.242 e. The minimum absolute atomic E-state index is 0.0356. The van der Waals surface area contributed by atoms with Crippen LogP contribution in [0.25, 0.3) is 0 Å². The molecule has 0 unspecified atom stereocenters. The van der Waals surface area contributed by atoms with E-state index in [-0.39, 0.29) is 26.7 Å². The molecule has 0 aliphatic carbocycles. The molecular weight excluding hydrogens is 340 g/mol. The molecule has 18 heavy (non-hydrogen) atoms. The molecule has 0 spiro atoms. The van der Waals surface area contributed by atoms with Crippen molar-refractivity contribution >= 4 is 56.4 Å². The van der Waals surface area contributed by atoms with Crippen molar-refractivity contribution in [2.45, 2.75) is 17.4 Å². The van der Waals surface area contributed by atoms with Crippen LogP contribution in [0.15, 0.2) is 23.1 Å². The first-order valence-electron chi connectivity index (χ1n) is 4.85. The molecule has 0 heterocycles. The van der Waals surface area contributed by atoms with Gasteiger partial charge in [-0.1, -0.05) is 23.2 Å². The molecule has 0 aliphatic heterocycles. The summed E-state index contributed by atoms with van der Waals surface area (Å²) >= 11 is 23.0. The van der Waals surface area contributed by atoms with E-state index in [1.807, 2.05) is 0 Å². The number of alkyl halides is 2. The van der Waals surface area contributed by atoms with Crippen LogP contribution in [-0.4, -0.2) is 25.7 Å². The highest BCUT2D eigenvalue weighted by Crippen LogP contribution is 2.26. The van der Waals surface area contributed by atoms with Gasteiger partial charge < -0.3 is 0 Å². The second-order valence-corrected chi connectivity index (χ2v) is 7.04. The highest BCUT2D eigenvalue weighted by atomic mass is 35.5. The summed E-state index contributed by atoms with van der Waals surface area (Å²) in [7, 11) is -3.83. The van der Waals surface area contributed by atoms with Crippen LogP contribution in [0.5, 0.6) is 0 Å². The molecule has 3 nitrogen and oxygen atoms in total. The highest BCUT2D eigenvalue weighted by molar-refractivity contribution is 7.89. The van der Waals surface area contributed by atoms with Crippen LogP contribution in [0.2, 0.25) is 10.0 Å². The van der Waals surface area contributed by atoms with Crippen molar-refractivity contribution in [3.05, 3.63) is 28.2 Å². The van der Waals surface area contributed by atoms with Crippen LogP contribution in [0.1, 0.15) is 6.92 Å². The molecule has 0 aromatic heterocycles. The number of rotatable bonds is 5. The quantitative estimate of drug-likeness (QED) is 0.826. The topological polar surface area (TPSA) is 46.2 Å². The van der Waals surface area contributed by atoms with Crippen molar-refractivity contribution in [2.75, 3.05) is 11.8 Å². The summed E-state index contributed by atoms with van der Waals surface area (Å²) in [4.78, 5) is -0.0990. The Bertz CT molecular complexity index is 529. The smallest absolute Gasteiger partial charge is 0.207 e. The van der Waals surface area contributed by atoms with E-state index >= 15 is 0 Å². The average molecular weight is 351 g/mol. The van der Waals surface area contributed by atoms with Gasteiger partial charge in [0.25, 0.3) is 0 Å². The maximum Gasteiger partial charge on any atom is 0.242 e. The third kappa shape index (κ3) is 3.89. The Morgan fingerprint density at radius 1 is 1.22 bits per heavy atom. The standard InChI is InChI=1S/C10H11Cl4NO2S/c1-10(5-11,6-12)15-18(16,17)9-4-7(13)2-3-8(9)14/h2-4,15H,5-6H2,1H3. The minimum atomic E-state index is -3.83. The van der Waals surface area contributed by atoms with Crippen molar-refractivity contribution < 1.29 is 8.42 Å².